The highest BCUT2D eigenvalue weighted by Gasteiger charge is 2.46. The van der Waals surface area contributed by atoms with Gasteiger partial charge in [0.2, 0.25) is 0 Å². The van der Waals surface area contributed by atoms with E-state index in [9.17, 15) is 10.5 Å². The fourth-order valence-electron chi connectivity index (χ4n) is 9.51. The van der Waals surface area contributed by atoms with Crippen LogP contribution < -0.4 is 4.90 Å². The van der Waals surface area contributed by atoms with Crippen LogP contribution in [0.3, 0.4) is 0 Å². The maximum absolute atomic E-state index is 9.83. The van der Waals surface area contributed by atoms with Gasteiger partial charge < -0.3 is 9.32 Å². The monoisotopic (exact) mass is 777 g/mol. The van der Waals surface area contributed by atoms with Crippen molar-refractivity contribution >= 4 is 39.0 Å². The van der Waals surface area contributed by atoms with Gasteiger partial charge in [-0.1, -0.05) is 152 Å². The predicted octanol–water partition coefficient (Wildman–Crippen LogP) is 14.5. The summed E-state index contributed by atoms with van der Waals surface area (Å²) in [6, 6.07) is 78.5. The topological polar surface area (TPSA) is 64.0 Å². The molecule has 0 aliphatic heterocycles. The van der Waals surface area contributed by atoms with Crippen LogP contribution in [-0.4, -0.2) is 0 Å². The maximum atomic E-state index is 9.83. The fourth-order valence-corrected chi connectivity index (χ4v) is 9.51. The number of nitrogens with zero attached hydrogens (tertiary/aromatic N) is 3. The van der Waals surface area contributed by atoms with Crippen LogP contribution in [0.25, 0.3) is 55.3 Å². The Bertz CT molecular complexity index is 3310. The number of hydrogen-bond acceptors (Lipinski definition) is 4. The van der Waals surface area contributed by atoms with Crippen molar-refractivity contribution in [1.82, 2.24) is 0 Å². The Morgan fingerprint density at radius 1 is 0.410 bits per heavy atom. The molecule has 1 aromatic heterocycles. The largest absolute Gasteiger partial charge is 0.455 e. The summed E-state index contributed by atoms with van der Waals surface area (Å²) in [4.78, 5) is 2.36. The number of para-hydroxylation sites is 3. The Balaban J connectivity index is 1.14. The van der Waals surface area contributed by atoms with Gasteiger partial charge in [-0.25, -0.2) is 0 Å². The third kappa shape index (κ3) is 5.66. The van der Waals surface area contributed by atoms with E-state index in [0.29, 0.717) is 11.1 Å². The summed E-state index contributed by atoms with van der Waals surface area (Å²) >= 11 is 0. The lowest BCUT2D eigenvalue weighted by Gasteiger charge is -2.35. The Hall–Kier alpha value is -8.44. The van der Waals surface area contributed by atoms with E-state index < -0.39 is 5.41 Å². The van der Waals surface area contributed by atoms with Gasteiger partial charge in [-0.3, -0.25) is 0 Å². The van der Waals surface area contributed by atoms with Gasteiger partial charge in [0.15, 0.2) is 0 Å². The van der Waals surface area contributed by atoms with Gasteiger partial charge in [0.1, 0.15) is 11.2 Å². The highest BCUT2D eigenvalue weighted by Crippen LogP contribution is 2.57. The molecule has 11 rings (SSSR count). The molecule has 0 atom stereocenters. The first-order chi connectivity index (χ1) is 30.1. The summed E-state index contributed by atoms with van der Waals surface area (Å²) in [7, 11) is 0. The summed E-state index contributed by atoms with van der Waals surface area (Å²) in [5.41, 5.74) is 16.2. The number of anilines is 3. The number of furan rings is 1. The molecule has 0 radical (unpaired) electrons. The van der Waals surface area contributed by atoms with Crippen LogP contribution in [0.4, 0.5) is 17.1 Å². The second-order valence-corrected chi connectivity index (χ2v) is 15.4. The Labute approximate surface area is 354 Å². The van der Waals surface area contributed by atoms with Gasteiger partial charge in [-0.05, 0) is 105 Å². The quantitative estimate of drug-likeness (QED) is 0.162. The molecule has 0 spiro atoms. The maximum Gasteiger partial charge on any atom is 0.143 e. The first kappa shape index (κ1) is 35.7. The molecule has 1 aliphatic carbocycles. The summed E-state index contributed by atoms with van der Waals surface area (Å²) < 4.78 is 6.46. The van der Waals surface area contributed by atoms with Crippen LogP contribution in [-0.2, 0) is 5.41 Å². The van der Waals surface area contributed by atoms with E-state index in [4.69, 9.17) is 4.42 Å². The van der Waals surface area contributed by atoms with E-state index in [1.54, 1.807) is 0 Å². The van der Waals surface area contributed by atoms with E-state index in [1.165, 1.54) is 0 Å². The molecular formula is C57H35N3O. The van der Waals surface area contributed by atoms with Crippen molar-refractivity contribution in [2.75, 3.05) is 4.90 Å². The third-order valence-corrected chi connectivity index (χ3v) is 12.3. The Kier molecular flexibility index (Phi) is 8.45. The second-order valence-electron chi connectivity index (χ2n) is 15.4. The standard InChI is InChI=1S/C57H35N3O/c58-36-38-21-27-42(28-22-38)57(43-29-23-39(37-59)24-30-43)52-18-7-4-14-48(52)49-34-33-45(35-53(49)57)60(54-19-8-5-13-46(54)40-11-2-1-3-12-40)44-31-25-41(26-32-44)47-16-10-17-51-50-15-6-9-20-55(50)61-56(47)51/h1-35H. The zero-order valence-corrected chi connectivity index (χ0v) is 33.0. The van der Waals surface area contributed by atoms with Gasteiger partial charge in [-0.2, -0.15) is 10.5 Å². The van der Waals surface area contributed by atoms with Gasteiger partial charge >= 0.3 is 0 Å². The molecule has 0 unspecified atom stereocenters. The minimum Gasteiger partial charge on any atom is -0.455 e. The van der Waals surface area contributed by atoms with Gasteiger partial charge in [0.05, 0.1) is 34.4 Å². The van der Waals surface area contributed by atoms with E-state index in [2.05, 4.69) is 193 Å². The van der Waals surface area contributed by atoms with Crippen LogP contribution in [0.2, 0.25) is 0 Å². The smallest absolute Gasteiger partial charge is 0.143 e. The van der Waals surface area contributed by atoms with Crippen molar-refractivity contribution in [3.8, 4) is 45.5 Å². The molecule has 4 nitrogen and oxygen atoms in total. The first-order valence-corrected chi connectivity index (χ1v) is 20.4. The molecular weight excluding hydrogens is 743 g/mol. The molecule has 1 aliphatic rings. The van der Waals surface area contributed by atoms with Gasteiger partial charge in [-0.15, -0.1) is 0 Å². The van der Waals surface area contributed by atoms with Crippen LogP contribution >= 0.6 is 0 Å². The fraction of sp³-hybridized carbons (Fsp3) is 0.0175. The molecule has 0 bridgehead atoms. The van der Waals surface area contributed by atoms with Gasteiger partial charge in [0, 0.05) is 33.3 Å². The molecule has 61 heavy (non-hydrogen) atoms. The third-order valence-electron chi connectivity index (χ3n) is 12.3. The molecule has 9 aromatic carbocycles. The van der Waals surface area contributed by atoms with Crippen LogP contribution in [0, 0.1) is 22.7 Å². The highest BCUT2D eigenvalue weighted by molar-refractivity contribution is 6.09. The van der Waals surface area contributed by atoms with Crippen molar-refractivity contribution < 1.29 is 4.42 Å². The van der Waals surface area contributed by atoms with Crippen molar-refractivity contribution in [1.29, 1.82) is 10.5 Å². The van der Waals surface area contributed by atoms with E-state index in [0.717, 1.165) is 94.6 Å². The number of rotatable bonds is 7. The lowest BCUT2D eigenvalue weighted by molar-refractivity contribution is 0.670. The normalized spacial score (nSPS) is 12.4. The molecule has 10 aromatic rings. The van der Waals surface area contributed by atoms with Gasteiger partial charge in [0.25, 0.3) is 0 Å². The molecule has 0 amide bonds. The number of fused-ring (bicyclic) bond motifs is 6. The predicted molar refractivity (Wildman–Crippen MR) is 246 cm³/mol. The van der Waals surface area contributed by atoms with Crippen LogP contribution in [0.5, 0.6) is 0 Å². The summed E-state index contributed by atoms with van der Waals surface area (Å²) in [5, 5.41) is 21.9. The van der Waals surface area contributed by atoms with Crippen LogP contribution in [0.1, 0.15) is 33.4 Å². The summed E-state index contributed by atoms with van der Waals surface area (Å²) in [6.45, 7) is 0. The lowest BCUT2D eigenvalue weighted by Crippen LogP contribution is -2.29. The summed E-state index contributed by atoms with van der Waals surface area (Å²) in [6.07, 6.45) is 0. The molecule has 284 valence electrons. The van der Waals surface area contributed by atoms with E-state index in [1.807, 2.05) is 36.4 Å². The minimum absolute atomic E-state index is 0.600. The molecule has 0 saturated heterocycles. The molecule has 0 saturated carbocycles. The summed E-state index contributed by atoms with van der Waals surface area (Å²) in [5.74, 6) is 0. The Morgan fingerprint density at radius 3 is 1.69 bits per heavy atom. The zero-order chi connectivity index (χ0) is 40.9. The molecule has 0 N–H and O–H groups in total. The molecule has 4 heteroatoms. The van der Waals surface area contributed by atoms with Crippen molar-refractivity contribution in [2.45, 2.75) is 5.41 Å². The molecule has 0 fully saturated rings. The lowest BCUT2D eigenvalue weighted by atomic mass is 9.67. The SMILES string of the molecule is N#Cc1ccc(C2(c3ccc(C#N)cc3)c3ccccc3-c3ccc(N(c4ccc(-c5cccc6c5oc5ccccc56)cc4)c4ccccc4-c4ccccc4)cc32)cc1. The number of nitriles is 2. The highest BCUT2D eigenvalue weighted by atomic mass is 16.3. The zero-order valence-electron chi connectivity index (χ0n) is 33.0. The first-order valence-electron chi connectivity index (χ1n) is 20.4. The Morgan fingerprint density at radius 2 is 0.967 bits per heavy atom. The molecule has 1 heterocycles. The minimum atomic E-state index is -0.746. The van der Waals surface area contributed by atoms with Crippen LogP contribution in [0.15, 0.2) is 217 Å². The van der Waals surface area contributed by atoms with Crippen molar-refractivity contribution in [2.24, 2.45) is 0 Å². The average Bonchev–Trinajstić information content (AvgIpc) is 3.86. The van der Waals surface area contributed by atoms with Crippen molar-refractivity contribution in [3.63, 3.8) is 0 Å². The number of hydrogen-bond donors (Lipinski definition) is 0. The van der Waals surface area contributed by atoms with E-state index in [-0.39, 0.29) is 0 Å². The van der Waals surface area contributed by atoms with E-state index >= 15 is 0 Å². The average molecular weight is 778 g/mol. The second kappa shape index (κ2) is 14.4. The van der Waals surface area contributed by atoms with Crippen molar-refractivity contribution in [3.05, 3.63) is 246 Å². The number of benzene rings is 9.